The van der Waals surface area contributed by atoms with Gasteiger partial charge in [0.1, 0.15) is 0 Å². The van der Waals surface area contributed by atoms with Crippen LogP contribution in [0.2, 0.25) is 0 Å². The third-order valence-corrected chi connectivity index (χ3v) is 3.39. The third kappa shape index (κ3) is 1.59. The Morgan fingerprint density at radius 2 is 2.44 bits per heavy atom. The summed E-state index contributed by atoms with van der Waals surface area (Å²) in [4.78, 5) is 15.9. The van der Waals surface area contributed by atoms with Crippen molar-refractivity contribution in [2.75, 3.05) is 5.32 Å². The lowest BCUT2D eigenvalue weighted by Gasteiger charge is -2.17. The molecule has 2 saturated heterocycles. The zero-order chi connectivity index (χ0) is 11.1. The fourth-order valence-corrected chi connectivity index (χ4v) is 2.66. The predicted molar refractivity (Wildman–Crippen MR) is 55.7 cm³/mol. The number of aromatic nitrogens is 2. The summed E-state index contributed by atoms with van der Waals surface area (Å²) >= 11 is 0. The molecule has 16 heavy (non-hydrogen) atoms. The van der Waals surface area contributed by atoms with E-state index in [0.29, 0.717) is 17.9 Å². The Morgan fingerprint density at radius 3 is 3.00 bits per heavy atom. The zero-order valence-corrected chi connectivity index (χ0v) is 9.06. The average Bonchev–Trinajstić information content (AvgIpc) is 2.93. The van der Waals surface area contributed by atoms with E-state index in [4.69, 9.17) is 4.52 Å². The molecule has 2 aliphatic rings. The fourth-order valence-electron chi connectivity index (χ4n) is 2.66. The van der Waals surface area contributed by atoms with Crippen molar-refractivity contribution in [3.8, 4) is 0 Å². The van der Waals surface area contributed by atoms with Crippen LogP contribution in [0.4, 0.5) is 6.01 Å². The Bertz CT molecular complexity index is 417. The number of nitrogens with zero attached hydrogens (tertiary/aromatic N) is 2. The summed E-state index contributed by atoms with van der Waals surface area (Å²) in [6.07, 6.45) is 3.20. The van der Waals surface area contributed by atoms with E-state index in [0.717, 1.165) is 12.8 Å². The molecular weight excluding hydrogens is 208 g/mol. The van der Waals surface area contributed by atoms with Crippen LogP contribution in [-0.2, 0) is 4.79 Å². The van der Waals surface area contributed by atoms with Crippen molar-refractivity contribution in [3.05, 3.63) is 5.82 Å². The molecule has 1 aromatic rings. The summed E-state index contributed by atoms with van der Waals surface area (Å²) in [5.41, 5.74) is 0. The van der Waals surface area contributed by atoms with E-state index in [9.17, 15) is 4.79 Å². The molecule has 0 saturated carbocycles. The van der Waals surface area contributed by atoms with Gasteiger partial charge in [-0.25, -0.2) is 0 Å². The highest BCUT2D eigenvalue weighted by Crippen LogP contribution is 2.33. The van der Waals surface area contributed by atoms with Gasteiger partial charge in [0.2, 0.25) is 5.91 Å². The minimum atomic E-state index is -0.0108. The Hall–Kier alpha value is -1.43. The first-order valence-corrected chi connectivity index (χ1v) is 5.59. The topological polar surface area (TPSA) is 80.0 Å². The average molecular weight is 222 g/mol. The van der Waals surface area contributed by atoms with Crippen LogP contribution in [-0.4, -0.2) is 28.1 Å². The van der Waals surface area contributed by atoms with E-state index in [1.807, 2.05) is 0 Å². The van der Waals surface area contributed by atoms with Crippen LogP contribution < -0.4 is 10.6 Å². The second-order valence-corrected chi connectivity index (χ2v) is 4.53. The van der Waals surface area contributed by atoms with E-state index in [-0.39, 0.29) is 17.8 Å². The standard InChI is InChI=1S/C10H14N4O2/c1-5-11-10(16-14-5)13-9(15)7-4-6-2-3-8(7)12-6/h6-8,12H,2-4H2,1H3,(H,11,13,14,15). The first-order chi connectivity index (χ1) is 7.72. The quantitative estimate of drug-likeness (QED) is 0.759. The molecule has 0 radical (unpaired) electrons. The van der Waals surface area contributed by atoms with E-state index >= 15 is 0 Å². The summed E-state index contributed by atoms with van der Waals surface area (Å²) in [6.45, 7) is 1.72. The lowest BCUT2D eigenvalue weighted by atomic mass is 9.88. The highest BCUT2D eigenvalue weighted by molar-refractivity contribution is 5.91. The van der Waals surface area contributed by atoms with Gasteiger partial charge in [0.05, 0.1) is 5.92 Å². The lowest BCUT2D eigenvalue weighted by molar-refractivity contribution is -0.120. The SMILES string of the molecule is Cc1noc(NC(=O)C2CC3CCC2N3)n1. The van der Waals surface area contributed by atoms with Crippen LogP contribution >= 0.6 is 0 Å². The number of nitrogens with one attached hydrogen (secondary N) is 2. The summed E-state index contributed by atoms with van der Waals surface area (Å²) < 4.78 is 4.86. The Labute approximate surface area is 92.8 Å². The van der Waals surface area contributed by atoms with Crippen LogP contribution in [0.25, 0.3) is 0 Å². The van der Waals surface area contributed by atoms with Gasteiger partial charge in [0, 0.05) is 12.1 Å². The Morgan fingerprint density at radius 1 is 1.56 bits per heavy atom. The number of rotatable bonds is 2. The number of aryl methyl sites for hydroxylation is 1. The maximum absolute atomic E-state index is 11.9. The smallest absolute Gasteiger partial charge is 0.315 e. The van der Waals surface area contributed by atoms with Crippen LogP contribution in [0.1, 0.15) is 25.1 Å². The van der Waals surface area contributed by atoms with Gasteiger partial charge in [-0.05, 0) is 26.2 Å². The predicted octanol–water partition coefficient (Wildman–Crippen LogP) is 0.457. The summed E-state index contributed by atoms with van der Waals surface area (Å²) in [5.74, 6) is 0.565. The highest BCUT2D eigenvalue weighted by atomic mass is 16.5. The molecule has 86 valence electrons. The minimum absolute atomic E-state index is 0.0108. The molecule has 2 bridgehead atoms. The van der Waals surface area contributed by atoms with E-state index in [2.05, 4.69) is 20.8 Å². The van der Waals surface area contributed by atoms with Gasteiger partial charge in [0.15, 0.2) is 5.82 Å². The molecular formula is C10H14N4O2. The fraction of sp³-hybridized carbons (Fsp3) is 0.700. The maximum Gasteiger partial charge on any atom is 0.328 e. The van der Waals surface area contributed by atoms with Crippen molar-refractivity contribution in [1.29, 1.82) is 0 Å². The minimum Gasteiger partial charge on any atom is -0.315 e. The van der Waals surface area contributed by atoms with Crippen molar-refractivity contribution >= 4 is 11.9 Å². The Kier molecular flexibility index (Phi) is 2.17. The molecule has 3 heterocycles. The lowest BCUT2D eigenvalue weighted by Crippen LogP contribution is -2.32. The summed E-state index contributed by atoms with van der Waals surface area (Å²) in [5, 5.41) is 9.72. The number of amides is 1. The van der Waals surface area contributed by atoms with E-state index in [1.165, 1.54) is 6.42 Å². The molecule has 2 fully saturated rings. The van der Waals surface area contributed by atoms with Gasteiger partial charge in [-0.3, -0.25) is 10.1 Å². The van der Waals surface area contributed by atoms with Crippen LogP contribution in [0.15, 0.2) is 4.52 Å². The van der Waals surface area contributed by atoms with Gasteiger partial charge >= 0.3 is 6.01 Å². The van der Waals surface area contributed by atoms with Crippen molar-refractivity contribution < 1.29 is 9.32 Å². The van der Waals surface area contributed by atoms with Crippen LogP contribution in [0.5, 0.6) is 0 Å². The molecule has 3 atom stereocenters. The van der Waals surface area contributed by atoms with Crippen LogP contribution in [0, 0.1) is 12.8 Å². The molecule has 1 amide bonds. The summed E-state index contributed by atoms with van der Waals surface area (Å²) in [7, 11) is 0. The van der Waals surface area contributed by atoms with Gasteiger partial charge in [-0.15, -0.1) is 0 Å². The monoisotopic (exact) mass is 222 g/mol. The van der Waals surface area contributed by atoms with Gasteiger partial charge in [-0.2, -0.15) is 4.98 Å². The maximum atomic E-state index is 11.9. The molecule has 0 aromatic carbocycles. The first-order valence-electron chi connectivity index (χ1n) is 5.59. The summed E-state index contributed by atoms with van der Waals surface area (Å²) in [6, 6.07) is 1.05. The molecule has 1 aromatic heterocycles. The van der Waals surface area contributed by atoms with Crippen LogP contribution in [0.3, 0.4) is 0 Å². The Balaban J connectivity index is 1.65. The number of hydrogen-bond acceptors (Lipinski definition) is 5. The van der Waals surface area contributed by atoms with Crippen molar-refractivity contribution in [2.45, 2.75) is 38.3 Å². The molecule has 3 rings (SSSR count). The molecule has 3 unspecified atom stereocenters. The van der Waals surface area contributed by atoms with Crippen molar-refractivity contribution in [1.82, 2.24) is 15.5 Å². The van der Waals surface area contributed by atoms with Crippen molar-refractivity contribution in [3.63, 3.8) is 0 Å². The second-order valence-electron chi connectivity index (χ2n) is 4.53. The molecule has 6 heteroatoms. The van der Waals surface area contributed by atoms with Crippen molar-refractivity contribution in [2.24, 2.45) is 5.92 Å². The molecule has 2 aliphatic heterocycles. The zero-order valence-electron chi connectivity index (χ0n) is 9.06. The first kappa shape index (κ1) is 9.77. The molecule has 0 aliphatic carbocycles. The number of fused-ring (bicyclic) bond motifs is 2. The third-order valence-electron chi connectivity index (χ3n) is 3.39. The van der Waals surface area contributed by atoms with Gasteiger partial charge in [0.25, 0.3) is 0 Å². The van der Waals surface area contributed by atoms with Gasteiger partial charge in [-0.1, -0.05) is 5.16 Å². The molecule has 2 N–H and O–H groups in total. The normalized spacial score (nSPS) is 31.9. The highest BCUT2D eigenvalue weighted by Gasteiger charge is 2.42. The van der Waals surface area contributed by atoms with Gasteiger partial charge < -0.3 is 9.84 Å². The van der Waals surface area contributed by atoms with E-state index < -0.39 is 0 Å². The number of hydrogen-bond donors (Lipinski definition) is 2. The largest absolute Gasteiger partial charge is 0.328 e. The number of anilines is 1. The molecule has 6 nitrogen and oxygen atoms in total. The van der Waals surface area contributed by atoms with E-state index in [1.54, 1.807) is 6.92 Å². The number of carbonyl (C=O) groups is 1. The number of carbonyl (C=O) groups excluding carboxylic acids is 1. The second kappa shape index (κ2) is 3.55. The molecule has 0 spiro atoms.